The standard InChI is InChI=1S/C18H22N4O3/c1-24-16-7-3-2-5-13(16)10-19-17-9-15(21-12-22-17)18(23)20-11-14-6-4-8-25-14/h2-3,5,7,9,12,14H,4,6,8,10-11H2,1H3,(H,20,23)(H,19,21,22). The minimum atomic E-state index is -0.224. The normalized spacial score (nSPS) is 16.4. The van der Waals surface area contributed by atoms with Crippen LogP contribution in [0.2, 0.25) is 0 Å². The summed E-state index contributed by atoms with van der Waals surface area (Å²) in [6.07, 6.45) is 3.51. The van der Waals surface area contributed by atoms with Gasteiger partial charge in [0.1, 0.15) is 23.6 Å². The van der Waals surface area contributed by atoms with E-state index in [4.69, 9.17) is 9.47 Å². The summed E-state index contributed by atoms with van der Waals surface area (Å²) in [6.45, 7) is 1.82. The Morgan fingerprint density at radius 1 is 1.36 bits per heavy atom. The molecule has 7 nitrogen and oxygen atoms in total. The lowest BCUT2D eigenvalue weighted by molar-refractivity contribution is 0.0853. The van der Waals surface area contributed by atoms with Gasteiger partial charge in [-0.3, -0.25) is 4.79 Å². The van der Waals surface area contributed by atoms with E-state index in [1.807, 2.05) is 24.3 Å². The van der Waals surface area contributed by atoms with Gasteiger partial charge in [0.15, 0.2) is 0 Å². The molecule has 25 heavy (non-hydrogen) atoms. The first-order valence-electron chi connectivity index (χ1n) is 8.34. The Hall–Kier alpha value is -2.67. The number of nitrogens with zero attached hydrogens (tertiary/aromatic N) is 2. The first-order chi connectivity index (χ1) is 12.3. The summed E-state index contributed by atoms with van der Waals surface area (Å²) in [7, 11) is 1.64. The maximum Gasteiger partial charge on any atom is 0.270 e. The molecule has 2 aromatic rings. The van der Waals surface area contributed by atoms with Crippen LogP contribution in [0.5, 0.6) is 5.75 Å². The molecule has 7 heteroatoms. The Labute approximate surface area is 146 Å². The number of aromatic nitrogens is 2. The lowest BCUT2D eigenvalue weighted by Crippen LogP contribution is -2.32. The quantitative estimate of drug-likeness (QED) is 0.801. The van der Waals surface area contributed by atoms with Crippen LogP contribution in [0.15, 0.2) is 36.7 Å². The van der Waals surface area contributed by atoms with Crippen LogP contribution >= 0.6 is 0 Å². The fourth-order valence-corrected chi connectivity index (χ4v) is 2.72. The summed E-state index contributed by atoms with van der Waals surface area (Å²) in [5.41, 5.74) is 1.34. The lowest BCUT2D eigenvalue weighted by atomic mass is 10.2. The van der Waals surface area contributed by atoms with Crippen LogP contribution in [0, 0.1) is 0 Å². The zero-order valence-corrected chi connectivity index (χ0v) is 14.2. The summed E-state index contributed by atoms with van der Waals surface area (Å²) < 4.78 is 10.8. The third kappa shape index (κ3) is 4.67. The fourth-order valence-electron chi connectivity index (χ4n) is 2.72. The van der Waals surface area contributed by atoms with Gasteiger partial charge in [-0.2, -0.15) is 0 Å². The molecule has 0 radical (unpaired) electrons. The van der Waals surface area contributed by atoms with Crippen molar-refractivity contribution < 1.29 is 14.3 Å². The van der Waals surface area contributed by atoms with Crippen LogP contribution in [-0.2, 0) is 11.3 Å². The highest BCUT2D eigenvalue weighted by Crippen LogP contribution is 2.18. The molecule has 1 aliphatic rings. The van der Waals surface area contributed by atoms with Gasteiger partial charge in [0.2, 0.25) is 0 Å². The minimum Gasteiger partial charge on any atom is -0.496 e. The van der Waals surface area contributed by atoms with Gasteiger partial charge >= 0.3 is 0 Å². The van der Waals surface area contributed by atoms with Crippen molar-refractivity contribution in [2.24, 2.45) is 0 Å². The van der Waals surface area contributed by atoms with Crippen molar-refractivity contribution in [1.82, 2.24) is 15.3 Å². The van der Waals surface area contributed by atoms with Gasteiger partial charge in [0.05, 0.1) is 13.2 Å². The molecule has 0 bridgehead atoms. The molecule has 1 fully saturated rings. The van der Waals surface area contributed by atoms with Gasteiger partial charge in [-0.1, -0.05) is 18.2 Å². The molecule has 0 saturated carbocycles. The number of methoxy groups -OCH3 is 1. The zero-order chi connectivity index (χ0) is 17.5. The lowest BCUT2D eigenvalue weighted by Gasteiger charge is -2.12. The van der Waals surface area contributed by atoms with Crippen LogP contribution < -0.4 is 15.4 Å². The molecule has 0 aliphatic carbocycles. The van der Waals surface area contributed by atoms with Crippen LogP contribution in [0.4, 0.5) is 5.82 Å². The van der Waals surface area contributed by atoms with Crippen molar-refractivity contribution >= 4 is 11.7 Å². The number of benzene rings is 1. The van der Waals surface area contributed by atoms with E-state index < -0.39 is 0 Å². The fraction of sp³-hybridized carbons (Fsp3) is 0.389. The summed E-state index contributed by atoms with van der Waals surface area (Å²) in [4.78, 5) is 20.4. The minimum absolute atomic E-state index is 0.105. The average Bonchev–Trinajstić information content (AvgIpc) is 3.18. The van der Waals surface area contributed by atoms with E-state index >= 15 is 0 Å². The molecule has 1 aliphatic heterocycles. The summed E-state index contributed by atoms with van der Waals surface area (Å²) >= 11 is 0. The van der Waals surface area contributed by atoms with E-state index in [0.717, 1.165) is 30.8 Å². The average molecular weight is 342 g/mol. The van der Waals surface area contributed by atoms with E-state index in [2.05, 4.69) is 20.6 Å². The van der Waals surface area contributed by atoms with Crippen molar-refractivity contribution in [3.05, 3.63) is 47.9 Å². The molecule has 2 heterocycles. The Morgan fingerprint density at radius 3 is 3.04 bits per heavy atom. The number of hydrogen-bond acceptors (Lipinski definition) is 6. The molecule has 1 aromatic carbocycles. The number of rotatable bonds is 7. The van der Waals surface area contributed by atoms with E-state index in [-0.39, 0.29) is 12.0 Å². The largest absolute Gasteiger partial charge is 0.496 e. The van der Waals surface area contributed by atoms with Crippen molar-refractivity contribution in [1.29, 1.82) is 0 Å². The molecular formula is C18H22N4O3. The highest BCUT2D eigenvalue weighted by molar-refractivity contribution is 5.92. The van der Waals surface area contributed by atoms with Crippen LogP contribution in [0.1, 0.15) is 28.9 Å². The van der Waals surface area contributed by atoms with E-state index in [1.165, 1.54) is 6.33 Å². The highest BCUT2D eigenvalue weighted by Gasteiger charge is 2.17. The summed E-state index contributed by atoms with van der Waals surface area (Å²) in [5.74, 6) is 1.17. The smallest absolute Gasteiger partial charge is 0.270 e. The number of amides is 1. The molecule has 0 spiro atoms. The molecule has 1 atom stereocenters. The maximum absolute atomic E-state index is 12.2. The molecular weight excluding hydrogens is 320 g/mol. The Bertz CT molecular complexity index is 717. The molecule has 3 rings (SSSR count). The number of ether oxygens (including phenoxy) is 2. The Morgan fingerprint density at radius 2 is 2.24 bits per heavy atom. The molecule has 1 aromatic heterocycles. The van der Waals surface area contributed by atoms with Crippen molar-refractivity contribution in [3.8, 4) is 5.75 Å². The van der Waals surface area contributed by atoms with Gasteiger partial charge in [0, 0.05) is 31.3 Å². The van der Waals surface area contributed by atoms with Crippen LogP contribution in [0.25, 0.3) is 0 Å². The van der Waals surface area contributed by atoms with E-state index in [1.54, 1.807) is 13.2 Å². The van der Waals surface area contributed by atoms with Crippen molar-refractivity contribution in [2.45, 2.75) is 25.5 Å². The van der Waals surface area contributed by atoms with Gasteiger partial charge < -0.3 is 20.1 Å². The van der Waals surface area contributed by atoms with Gasteiger partial charge in [0.25, 0.3) is 5.91 Å². The summed E-state index contributed by atoms with van der Waals surface area (Å²) in [6, 6.07) is 9.39. The Balaban J connectivity index is 1.58. The second-order valence-corrected chi connectivity index (χ2v) is 5.80. The Kier molecular flexibility index (Phi) is 5.79. The molecule has 132 valence electrons. The summed E-state index contributed by atoms with van der Waals surface area (Å²) in [5, 5.41) is 6.05. The predicted octanol–water partition coefficient (Wildman–Crippen LogP) is 2.01. The SMILES string of the molecule is COc1ccccc1CNc1cc(C(=O)NCC2CCCO2)ncn1. The van der Waals surface area contributed by atoms with Crippen LogP contribution in [0.3, 0.4) is 0 Å². The highest BCUT2D eigenvalue weighted by atomic mass is 16.5. The first-order valence-corrected chi connectivity index (χ1v) is 8.34. The van der Waals surface area contributed by atoms with E-state index in [0.29, 0.717) is 24.6 Å². The second kappa shape index (κ2) is 8.43. The third-order valence-corrected chi connectivity index (χ3v) is 4.07. The third-order valence-electron chi connectivity index (χ3n) is 4.07. The zero-order valence-electron chi connectivity index (χ0n) is 14.2. The maximum atomic E-state index is 12.2. The number of para-hydroxylation sites is 1. The number of hydrogen-bond donors (Lipinski definition) is 2. The van der Waals surface area contributed by atoms with Gasteiger partial charge in [-0.15, -0.1) is 0 Å². The molecule has 1 amide bonds. The number of nitrogens with one attached hydrogen (secondary N) is 2. The van der Waals surface area contributed by atoms with Gasteiger partial charge in [-0.25, -0.2) is 9.97 Å². The molecule has 1 unspecified atom stereocenters. The number of carbonyl (C=O) groups is 1. The topological polar surface area (TPSA) is 85.4 Å². The number of carbonyl (C=O) groups excluding carboxylic acids is 1. The van der Waals surface area contributed by atoms with Gasteiger partial charge in [-0.05, 0) is 18.9 Å². The van der Waals surface area contributed by atoms with Crippen molar-refractivity contribution in [3.63, 3.8) is 0 Å². The monoisotopic (exact) mass is 342 g/mol. The first kappa shape index (κ1) is 17.2. The van der Waals surface area contributed by atoms with E-state index in [9.17, 15) is 4.79 Å². The predicted molar refractivity (Wildman–Crippen MR) is 93.7 cm³/mol. The second-order valence-electron chi connectivity index (χ2n) is 5.80. The molecule has 2 N–H and O–H groups in total. The molecule has 1 saturated heterocycles. The number of anilines is 1. The van der Waals surface area contributed by atoms with Crippen molar-refractivity contribution in [2.75, 3.05) is 25.6 Å². The van der Waals surface area contributed by atoms with Crippen LogP contribution in [-0.4, -0.2) is 42.2 Å².